The lowest BCUT2D eigenvalue weighted by atomic mass is 9.98. The van der Waals surface area contributed by atoms with Crippen LogP contribution >= 0.6 is 15.9 Å². The number of anilines is 1. The molecule has 1 heterocycles. The number of halogens is 1. The van der Waals surface area contributed by atoms with Crippen molar-refractivity contribution in [3.63, 3.8) is 0 Å². The van der Waals surface area contributed by atoms with Gasteiger partial charge in [-0.15, -0.1) is 0 Å². The zero-order valence-corrected chi connectivity index (χ0v) is 10.1. The molecule has 0 aromatic carbocycles. The Kier molecular flexibility index (Phi) is 2.52. The second-order valence-electron chi connectivity index (χ2n) is 4.51. The third kappa shape index (κ3) is 2.27. The maximum Gasteiger partial charge on any atom is 0.0542 e. The van der Waals surface area contributed by atoms with Crippen molar-refractivity contribution >= 4 is 21.6 Å². The number of aromatic nitrogens is 1. The molecule has 1 saturated carbocycles. The maximum absolute atomic E-state index is 4.14. The largest absolute Gasteiger partial charge is 0.379 e. The van der Waals surface area contributed by atoms with Crippen LogP contribution in [0.5, 0.6) is 0 Å². The Morgan fingerprint density at radius 2 is 2.14 bits per heavy atom. The Hall–Kier alpha value is -0.570. The van der Waals surface area contributed by atoms with Gasteiger partial charge in [-0.2, -0.15) is 0 Å². The second kappa shape index (κ2) is 3.54. The van der Waals surface area contributed by atoms with E-state index in [0.717, 1.165) is 16.1 Å². The molecule has 0 amide bonds. The van der Waals surface area contributed by atoms with Crippen LogP contribution in [0.1, 0.15) is 26.7 Å². The van der Waals surface area contributed by atoms with Crippen molar-refractivity contribution in [3.05, 3.63) is 22.9 Å². The van der Waals surface area contributed by atoms with Gasteiger partial charge in [-0.25, -0.2) is 0 Å². The summed E-state index contributed by atoms with van der Waals surface area (Å²) in [6.07, 6.45) is 6.37. The van der Waals surface area contributed by atoms with Gasteiger partial charge in [-0.1, -0.05) is 0 Å². The smallest absolute Gasteiger partial charge is 0.0542 e. The molecule has 1 aromatic rings. The first-order valence-electron chi connectivity index (χ1n) is 4.97. The molecule has 14 heavy (non-hydrogen) atoms. The molecule has 1 aliphatic rings. The summed E-state index contributed by atoms with van der Waals surface area (Å²) < 4.78 is 1.02. The van der Waals surface area contributed by atoms with Crippen molar-refractivity contribution < 1.29 is 0 Å². The van der Waals surface area contributed by atoms with Crippen LogP contribution in [0.3, 0.4) is 0 Å². The summed E-state index contributed by atoms with van der Waals surface area (Å²) in [5.41, 5.74) is 1.29. The molecule has 0 unspecified atom stereocenters. The molecule has 1 N–H and O–H groups in total. The van der Waals surface area contributed by atoms with Crippen molar-refractivity contribution in [1.82, 2.24) is 4.98 Å². The van der Waals surface area contributed by atoms with E-state index in [1.165, 1.54) is 12.8 Å². The molecule has 0 saturated heterocycles. The lowest BCUT2D eigenvalue weighted by Crippen LogP contribution is -2.33. The minimum absolute atomic E-state index is 0.197. The molecule has 0 radical (unpaired) electrons. The van der Waals surface area contributed by atoms with E-state index in [2.05, 4.69) is 46.1 Å². The molecule has 0 spiro atoms. The van der Waals surface area contributed by atoms with E-state index in [1.807, 2.05) is 6.20 Å². The first kappa shape index (κ1) is 9.97. The van der Waals surface area contributed by atoms with E-state index in [0.29, 0.717) is 0 Å². The van der Waals surface area contributed by atoms with Gasteiger partial charge in [-0.3, -0.25) is 4.98 Å². The molecule has 1 aliphatic carbocycles. The minimum atomic E-state index is 0.197. The first-order valence-corrected chi connectivity index (χ1v) is 5.76. The summed E-state index contributed by atoms with van der Waals surface area (Å²) in [6.45, 7) is 4.51. The first-order chi connectivity index (χ1) is 6.58. The van der Waals surface area contributed by atoms with Crippen molar-refractivity contribution in [2.24, 2.45) is 5.92 Å². The molecule has 76 valence electrons. The van der Waals surface area contributed by atoms with Gasteiger partial charge < -0.3 is 5.32 Å². The Balaban J connectivity index is 2.09. The molecule has 1 aromatic heterocycles. The standard InChI is InChI=1S/C11H15BrN2/c1-11(2,8-3-4-8)14-10-5-9(12)6-13-7-10/h5-8,14H,3-4H2,1-2H3. The van der Waals surface area contributed by atoms with E-state index in [1.54, 1.807) is 6.20 Å². The van der Waals surface area contributed by atoms with E-state index in [9.17, 15) is 0 Å². The van der Waals surface area contributed by atoms with Crippen LogP contribution in [0.25, 0.3) is 0 Å². The number of hydrogen-bond donors (Lipinski definition) is 1. The fraction of sp³-hybridized carbons (Fsp3) is 0.545. The third-order valence-electron chi connectivity index (χ3n) is 2.77. The minimum Gasteiger partial charge on any atom is -0.379 e. The molecular weight excluding hydrogens is 240 g/mol. The highest BCUT2D eigenvalue weighted by Crippen LogP contribution is 2.41. The SMILES string of the molecule is CC(C)(Nc1cncc(Br)c1)C1CC1. The summed E-state index contributed by atoms with van der Waals surface area (Å²) >= 11 is 3.42. The highest BCUT2D eigenvalue weighted by Gasteiger charge is 2.37. The predicted octanol–water partition coefficient (Wildman–Crippen LogP) is 3.44. The fourth-order valence-electron chi connectivity index (χ4n) is 1.76. The predicted molar refractivity (Wildman–Crippen MR) is 62.4 cm³/mol. The van der Waals surface area contributed by atoms with Crippen molar-refractivity contribution in [3.8, 4) is 0 Å². The number of nitrogens with one attached hydrogen (secondary N) is 1. The van der Waals surface area contributed by atoms with Crippen LogP contribution in [0, 0.1) is 5.92 Å². The Bertz CT molecular complexity index is 332. The van der Waals surface area contributed by atoms with Gasteiger partial charge in [0.05, 0.1) is 11.9 Å². The van der Waals surface area contributed by atoms with Crippen molar-refractivity contribution in [2.75, 3.05) is 5.32 Å². The third-order valence-corrected chi connectivity index (χ3v) is 3.20. The van der Waals surface area contributed by atoms with Crippen molar-refractivity contribution in [1.29, 1.82) is 0 Å². The lowest BCUT2D eigenvalue weighted by molar-refractivity contribution is 0.494. The van der Waals surface area contributed by atoms with Gasteiger partial charge in [0.2, 0.25) is 0 Å². The molecule has 3 heteroatoms. The lowest BCUT2D eigenvalue weighted by Gasteiger charge is -2.27. The Morgan fingerprint density at radius 1 is 1.43 bits per heavy atom. The number of pyridine rings is 1. The number of hydrogen-bond acceptors (Lipinski definition) is 2. The summed E-state index contributed by atoms with van der Waals surface area (Å²) in [5.74, 6) is 0.821. The average Bonchev–Trinajstić information content (AvgIpc) is 2.84. The van der Waals surface area contributed by atoms with E-state index in [4.69, 9.17) is 0 Å². The Morgan fingerprint density at radius 3 is 2.71 bits per heavy atom. The zero-order valence-electron chi connectivity index (χ0n) is 8.55. The van der Waals surface area contributed by atoms with Crippen LogP contribution in [-0.4, -0.2) is 10.5 Å². The second-order valence-corrected chi connectivity index (χ2v) is 5.43. The average molecular weight is 255 g/mol. The fourth-order valence-corrected chi connectivity index (χ4v) is 2.12. The van der Waals surface area contributed by atoms with Gasteiger partial charge in [0, 0.05) is 16.2 Å². The number of nitrogens with zero attached hydrogens (tertiary/aromatic N) is 1. The summed E-state index contributed by atoms with van der Waals surface area (Å²) in [7, 11) is 0. The normalized spacial score (nSPS) is 16.8. The molecule has 0 atom stereocenters. The number of rotatable bonds is 3. The van der Waals surface area contributed by atoms with E-state index in [-0.39, 0.29) is 5.54 Å². The maximum atomic E-state index is 4.14. The molecular formula is C11H15BrN2. The van der Waals surface area contributed by atoms with Crippen LogP contribution in [0.15, 0.2) is 22.9 Å². The van der Waals surface area contributed by atoms with Crippen molar-refractivity contribution in [2.45, 2.75) is 32.2 Å². The highest BCUT2D eigenvalue weighted by atomic mass is 79.9. The molecule has 1 fully saturated rings. The molecule has 0 bridgehead atoms. The molecule has 0 aliphatic heterocycles. The Labute approximate surface area is 93.3 Å². The van der Waals surface area contributed by atoms with Crippen LogP contribution in [0.4, 0.5) is 5.69 Å². The van der Waals surface area contributed by atoms with Crippen LogP contribution < -0.4 is 5.32 Å². The monoisotopic (exact) mass is 254 g/mol. The van der Waals surface area contributed by atoms with E-state index >= 15 is 0 Å². The molecule has 2 nitrogen and oxygen atoms in total. The molecule has 2 rings (SSSR count). The van der Waals surface area contributed by atoms with Gasteiger partial charge in [0.25, 0.3) is 0 Å². The van der Waals surface area contributed by atoms with Crippen LogP contribution in [-0.2, 0) is 0 Å². The summed E-state index contributed by atoms with van der Waals surface area (Å²) in [6, 6.07) is 2.07. The highest BCUT2D eigenvalue weighted by molar-refractivity contribution is 9.10. The zero-order chi connectivity index (χ0) is 10.2. The van der Waals surface area contributed by atoms with Gasteiger partial charge in [-0.05, 0) is 54.6 Å². The van der Waals surface area contributed by atoms with Gasteiger partial charge >= 0.3 is 0 Å². The van der Waals surface area contributed by atoms with Crippen LogP contribution in [0.2, 0.25) is 0 Å². The summed E-state index contributed by atoms with van der Waals surface area (Å²) in [4.78, 5) is 4.14. The van der Waals surface area contributed by atoms with Gasteiger partial charge in [0.1, 0.15) is 0 Å². The van der Waals surface area contributed by atoms with E-state index < -0.39 is 0 Å². The quantitative estimate of drug-likeness (QED) is 0.894. The topological polar surface area (TPSA) is 24.9 Å². The van der Waals surface area contributed by atoms with Gasteiger partial charge in [0.15, 0.2) is 0 Å². The summed E-state index contributed by atoms with van der Waals surface area (Å²) in [5, 5.41) is 3.53.